The SMILES string of the molecule is Cc1cccc(C)c1N1CCN(C(=O)c2coc(CN3CCN(C[C@H](O)C(C)C)CC3)n2)CC1. The van der Waals surface area contributed by atoms with E-state index in [2.05, 4.69) is 51.7 Å². The molecule has 34 heavy (non-hydrogen) atoms. The van der Waals surface area contributed by atoms with E-state index >= 15 is 0 Å². The van der Waals surface area contributed by atoms with Crippen LogP contribution in [0.4, 0.5) is 5.69 Å². The van der Waals surface area contributed by atoms with Crippen molar-refractivity contribution in [2.75, 3.05) is 63.8 Å². The first-order valence-electron chi connectivity index (χ1n) is 12.5. The minimum absolute atomic E-state index is 0.0522. The van der Waals surface area contributed by atoms with Crippen LogP contribution in [0.3, 0.4) is 0 Å². The van der Waals surface area contributed by atoms with Gasteiger partial charge in [0, 0.05) is 64.6 Å². The van der Waals surface area contributed by atoms with Crippen molar-refractivity contribution in [2.24, 2.45) is 5.92 Å². The molecule has 186 valence electrons. The first-order chi connectivity index (χ1) is 16.3. The lowest BCUT2D eigenvalue weighted by Gasteiger charge is -2.37. The predicted molar refractivity (Wildman–Crippen MR) is 133 cm³/mol. The van der Waals surface area contributed by atoms with Crippen molar-refractivity contribution in [3.63, 3.8) is 0 Å². The quantitative estimate of drug-likeness (QED) is 0.667. The molecular weight excluding hydrogens is 430 g/mol. The summed E-state index contributed by atoms with van der Waals surface area (Å²) in [5, 5.41) is 10.1. The molecule has 1 aromatic carbocycles. The Morgan fingerprint density at radius 2 is 1.62 bits per heavy atom. The molecule has 8 heteroatoms. The van der Waals surface area contributed by atoms with Gasteiger partial charge in [-0.05, 0) is 30.9 Å². The molecule has 0 spiro atoms. The first-order valence-corrected chi connectivity index (χ1v) is 12.5. The average molecular weight is 470 g/mol. The van der Waals surface area contributed by atoms with Crippen LogP contribution in [-0.4, -0.2) is 95.7 Å². The number of hydrogen-bond donors (Lipinski definition) is 1. The lowest BCUT2D eigenvalue weighted by Crippen LogP contribution is -2.49. The number of oxazole rings is 1. The molecule has 0 aliphatic carbocycles. The molecule has 1 aromatic heterocycles. The van der Waals surface area contributed by atoms with Crippen LogP contribution in [0.1, 0.15) is 41.4 Å². The van der Waals surface area contributed by atoms with E-state index in [-0.39, 0.29) is 17.9 Å². The summed E-state index contributed by atoms with van der Waals surface area (Å²) in [6.07, 6.45) is 1.22. The molecule has 4 rings (SSSR count). The molecule has 2 fully saturated rings. The third kappa shape index (κ3) is 5.79. The van der Waals surface area contributed by atoms with E-state index in [4.69, 9.17) is 4.42 Å². The molecule has 2 aliphatic rings. The van der Waals surface area contributed by atoms with Crippen LogP contribution >= 0.6 is 0 Å². The van der Waals surface area contributed by atoms with Crippen LogP contribution in [0.15, 0.2) is 28.9 Å². The Morgan fingerprint density at radius 1 is 1.00 bits per heavy atom. The molecule has 0 saturated carbocycles. The Hall–Kier alpha value is -2.42. The highest BCUT2D eigenvalue weighted by atomic mass is 16.3. The van der Waals surface area contributed by atoms with Gasteiger partial charge in [0.2, 0.25) is 5.89 Å². The average Bonchev–Trinajstić information content (AvgIpc) is 3.28. The molecule has 2 aromatic rings. The number of piperazine rings is 2. The van der Waals surface area contributed by atoms with E-state index in [0.717, 1.165) is 45.8 Å². The summed E-state index contributed by atoms with van der Waals surface area (Å²) >= 11 is 0. The highest BCUT2D eigenvalue weighted by molar-refractivity contribution is 5.92. The van der Waals surface area contributed by atoms with Crippen molar-refractivity contribution in [1.29, 1.82) is 0 Å². The van der Waals surface area contributed by atoms with Crippen LogP contribution in [0.2, 0.25) is 0 Å². The maximum atomic E-state index is 13.0. The number of aliphatic hydroxyl groups excluding tert-OH is 1. The lowest BCUT2D eigenvalue weighted by molar-refractivity contribution is 0.0463. The second-order valence-corrected chi connectivity index (χ2v) is 10.0. The van der Waals surface area contributed by atoms with Gasteiger partial charge < -0.3 is 19.3 Å². The topological polar surface area (TPSA) is 76.3 Å². The van der Waals surface area contributed by atoms with E-state index in [1.165, 1.54) is 23.1 Å². The fourth-order valence-electron chi connectivity index (χ4n) is 4.88. The number of benzene rings is 1. The van der Waals surface area contributed by atoms with Gasteiger partial charge in [-0.2, -0.15) is 0 Å². The summed E-state index contributed by atoms with van der Waals surface area (Å²) in [6.45, 7) is 16.3. The molecule has 3 heterocycles. The van der Waals surface area contributed by atoms with Gasteiger partial charge in [0.25, 0.3) is 5.91 Å². The molecule has 1 atom stereocenters. The summed E-state index contributed by atoms with van der Waals surface area (Å²) in [7, 11) is 0. The number of aryl methyl sites for hydroxylation is 2. The van der Waals surface area contributed by atoms with Crippen molar-refractivity contribution in [1.82, 2.24) is 19.7 Å². The number of anilines is 1. The molecular formula is C26H39N5O3. The van der Waals surface area contributed by atoms with Crippen LogP contribution in [0.25, 0.3) is 0 Å². The largest absolute Gasteiger partial charge is 0.447 e. The van der Waals surface area contributed by atoms with Crippen molar-refractivity contribution >= 4 is 11.6 Å². The van der Waals surface area contributed by atoms with Crippen molar-refractivity contribution in [2.45, 2.75) is 40.3 Å². The highest BCUT2D eigenvalue weighted by Crippen LogP contribution is 2.26. The zero-order valence-electron chi connectivity index (χ0n) is 21.0. The van der Waals surface area contributed by atoms with Crippen LogP contribution in [0, 0.1) is 19.8 Å². The molecule has 0 radical (unpaired) electrons. The molecule has 1 N–H and O–H groups in total. The summed E-state index contributed by atoms with van der Waals surface area (Å²) in [6, 6.07) is 6.38. The summed E-state index contributed by atoms with van der Waals surface area (Å²) in [4.78, 5) is 26.4. The summed E-state index contributed by atoms with van der Waals surface area (Å²) in [5.74, 6) is 0.813. The zero-order chi connectivity index (χ0) is 24.2. The number of para-hydroxylation sites is 1. The second-order valence-electron chi connectivity index (χ2n) is 10.0. The second kappa shape index (κ2) is 10.9. The molecule has 2 aliphatic heterocycles. The van der Waals surface area contributed by atoms with Gasteiger partial charge in [-0.15, -0.1) is 0 Å². The van der Waals surface area contributed by atoms with Gasteiger partial charge in [-0.25, -0.2) is 4.98 Å². The van der Waals surface area contributed by atoms with Crippen LogP contribution in [0.5, 0.6) is 0 Å². The number of nitrogens with zero attached hydrogens (tertiary/aromatic N) is 5. The normalized spacial score (nSPS) is 19.1. The Morgan fingerprint density at radius 3 is 2.24 bits per heavy atom. The standard InChI is InChI=1S/C26H39N5O3/c1-19(2)23(32)16-28-8-10-29(11-9-28)17-24-27-22(18-34-24)26(33)31-14-12-30(13-15-31)25-20(3)6-5-7-21(25)4/h5-7,18-19,23,32H,8-17H2,1-4H3/t23-/m0/s1. The number of amides is 1. The lowest BCUT2D eigenvalue weighted by atomic mass is 10.1. The smallest absolute Gasteiger partial charge is 0.275 e. The number of carbonyl (C=O) groups is 1. The Bertz CT molecular complexity index is 939. The number of carbonyl (C=O) groups excluding carboxylic acids is 1. The van der Waals surface area contributed by atoms with Gasteiger partial charge in [0.05, 0.1) is 12.6 Å². The maximum absolute atomic E-state index is 13.0. The molecule has 0 unspecified atom stereocenters. The van der Waals surface area contributed by atoms with Gasteiger partial charge in [0.1, 0.15) is 6.26 Å². The zero-order valence-corrected chi connectivity index (χ0v) is 21.0. The fraction of sp³-hybridized carbons (Fsp3) is 0.615. The van der Waals surface area contributed by atoms with Gasteiger partial charge >= 0.3 is 0 Å². The van der Waals surface area contributed by atoms with Gasteiger partial charge in [-0.3, -0.25) is 14.6 Å². The Balaban J connectivity index is 1.26. The maximum Gasteiger partial charge on any atom is 0.275 e. The van der Waals surface area contributed by atoms with E-state index in [0.29, 0.717) is 31.2 Å². The molecule has 1 amide bonds. The first kappa shape index (κ1) is 24.7. The van der Waals surface area contributed by atoms with Gasteiger partial charge in [-0.1, -0.05) is 32.0 Å². The number of aliphatic hydroxyl groups is 1. The Labute approximate surface area is 203 Å². The van der Waals surface area contributed by atoms with E-state index in [1.807, 2.05) is 18.7 Å². The highest BCUT2D eigenvalue weighted by Gasteiger charge is 2.27. The monoisotopic (exact) mass is 469 g/mol. The Kier molecular flexibility index (Phi) is 7.91. The predicted octanol–water partition coefficient (Wildman–Crippen LogP) is 2.39. The van der Waals surface area contributed by atoms with Crippen molar-refractivity contribution in [3.8, 4) is 0 Å². The summed E-state index contributed by atoms with van der Waals surface area (Å²) < 4.78 is 5.66. The van der Waals surface area contributed by atoms with Crippen LogP contribution in [-0.2, 0) is 6.54 Å². The third-order valence-electron chi connectivity index (χ3n) is 7.13. The molecule has 0 bridgehead atoms. The van der Waals surface area contributed by atoms with E-state index < -0.39 is 0 Å². The van der Waals surface area contributed by atoms with Gasteiger partial charge in [0.15, 0.2) is 5.69 Å². The van der Waals surface area contributed by atoms with Crippen molar-refractivity contribution in [3.05, 3.63) is 47.2 Å². The summed E-state index contributed by atoms with van der Waals surface area (Å²) in [5.41, 5.74) is 4.24. The van der Waals surface area contributed by atoms with E-state index in [1.54, 1.807) is 0 Å². The van der Waals surface area contributed by atoms with Crippen molar-refractivity contribution < 1.29 is 14.3 Å². The number of aromatic nitrogens is 1. The third-order valence-corrected chi connectivity index (χ3v) is 7.13. The number of rotatable bonds is 7. The minimum Gasteiger partial charge on any atom is -0.447 e. The molecule has 2 saturated heterocycles. The fourth-order valence-corrected chi connectivity index (χ4v) is 4.88. The van der Waals surface area contributed by atoms with Crippen LogP contribution < -0.4 is 4.90 Å². The number of hydrogen-bond acceptors (Lipinski definition) is 7. The van der Waals surface area contributed by atoms with E-state index in [9.17, 15) is 9.90 Å². The molecule has 8 nitrogen and oxygen atoms in total. The minimum atomic E-state index is -0.283. The number of β-amino-alcohol motifs (C(OH)–C–C–N with tert-alkyl or cyclic N) is 1.